The third-order valence-corrected chi connectivity index (χ3v) is 14.6. The smallest absolute Gasteiger partial charge is 0.222 e. The van der Waals surface area contributed by atoms with Crippen LogP contribution in [-0.2, 0) is 4.79 Å². The van der Waals surface area contributed by atoms with Gasteiger partial charge in [-0.05, 0) is 38.5 Å². The van der Waals surface area contributed by atoms with Gasteiger partial charge in [0.1, 0.15) is 0 Å². The summed E-state index contributed by atoms with van der Waals surface area (Å²) in [5.41, 5.74) is 0. The summed E-state index contributed by atoms with van der Waals surface area (Å²) in [6, 6.07) is -0.656. The minimum atomic E-state index is -0.747. The summed E-state index contributed by atoms with van der Waals surface area (Å²) < 4.78 is 0. The van der Waals surface area contributed by atoms with Gasteiger partial charge in [0.2, 0.25) is 5.91 Å². The summed E-state index contributed by atoms with van der Waals surface area (Å²) in [6.07, 6.45) is 71.1. The van der Waals surface area contributed by atoms with Crippen molar-refractivity contribution in [3.05, 3.63) is 12.2 Å². The first kappa shape index (κ1) is 65.1. The van der Waals surface area contributed by atoms with Gasteiger partial charge in [-0.3, -0.25) is 4.79 Å². The van der Waals surface area contributed by atoms with E-state index < -0.39 is 18.2 Å². The Hall–Kier alpha value is -0.910. The maximum Gasteiger partial charge on any atom is 0.222 e. The highest BCUT2D eigenvalue weighted by atomic mass is 16.3. The second-order valence-corrected chi connectivity index (χ2v) is 21.3. The molecule has 394 valence electrons. The maximum atomic E-state index is 12.6. The number of unbranched alkanes of at least 4 members (excludes halogenated alkanes) is 46. The zero-order valence-corrected chi connectivity index (χ0v) is 45.1. The summed E-state index contributed by atoms with van der Waals surface area (Å²) in [5.74, 6) is -0.276. The zero-order chi connectivity index (χ0) is 47.9. The number of amides is 1. The van der Waals surface area contributed by atoms with E-state index in [0.717, 1.165) is 25.7 Å². The minimum absolute atomic E-state index is 0.0413. The van der Waals surface area contributed by atoms with Crippen LogP contribution in [0.5, 0.6) is 0 Å². The van der Waals surface area contributed by atoms with Crippen LogP contribution in [-0.4, -0.2) is 46.1 Å². The largest absolute Gasteiger partial charge is 0.394 e. The van der Waals surface area contributed by atoms with Crippen molar-refractivity contribution < 1.29 is 20.1 Å². The number of hydrogen-bond donors (Lipinski definition) is 4. The normalized spacial score (nSPS) is 13.2. The molecule has 4 N–H and O–H groups in total. The second-order valence-electron chi connectivity index (χ2n) is 21.3. The Morgan fingerprint density at radius 3 is 0.879 bits per heavy atom. The number of carbonyl (C=O) groups is 1. The monoisotopic (exact) mass is 932 g/mol. The van der Waals surface area contributed by atoms with Crippen molar-refractivity contribution in [1.29, 1.82) is 0 Å². The minimum Gasteiger partial charge on any atom is -0.394 e. The molecule has 0 saturated heterocycles. The number of aliphatic hydroxyl groups excluding tert-OH is 3. The van der Waals surface area contributed by atoms with Crippen molar-refractivity contribution in [2.24, 2.45) is 0 Å². The predicted octanol–water partition coefficient (Wildman–Crippen LogP) is 19.1. The first-order chi connectivity index (χ1) is 32.5. The molecular weight excluding hydrogens is 811 g/mol. The first-order valence-corrected chi connectivity index (χ1v) is 30.5. The van der Waals surface area contributed by atoms with E-state index in [4.69, 9.17) is 0 Å². The number of aliphatic hydroxyl groups is 3. The fourth-order valence-electron chi connectivity index (χ4n) is 9.93. The maximum absolute atomic E-state index is 12.6. The number of nitrogens with one attached hydrogen (secondary N) is 1. The fraction of sp³-hybridized carbons (Fsp3) is 0.951. The molecular formula is C61H121NO4. The molecule has 66 heavy (non-hydrogen) atoms. The lowest BCUT2D eigenvalue weighted by molar-refractivity contribution is -0.125. The van der Waals surface area contributed by atoms with Crippen LogP contribution in [0.1, 0.15) is 348 Å². The van der Waals surface area contributed by atoms with Crippen LogP contribution >= 0.6 is 0 Å². The van der Waals surface area contributed by atoms with E-state index in [2.05, 4.69) is 31.3 Å². The van der Waals surface area contributed by atoms with Gasteiger partial charge in [-0.15, -0.1) is 0 Å². The van der Waals surface area contributed by atoms with E-state index in [9.17, 15) is 20.1 Å². The molecule has 5 heteroatoms. The molecule has 3 unspecified atom stereocenters. The Kier molecular flexibility index (Phi) is 55.9. The quantitative estimate of drug-likeness (QED) is 0.0361. The summed E-state index contributed by atoms with van der Waals surface area (Å²) in [5, 5.41) is 33.7. The third kappa shape index (κ3) is 52.5. The molecule has 0 fully saturated rings. The van der Waals surface area contributed by atoms with Gasteiger partial charge in [-0.25, -0.2) is 0 Å². The lowest BCUT2D eigenvalue weighted by atomic mass is 10.0. The highest BCUT2D eigenvalue weighted by molar-refractivity contribution is 5.76. The van der Waals surface area contributed by atoms with Crippen molar-refractivity contribution in [3.63, 3.8) is 0 Å². The molecule has 0 aromatic carbocycles. The average Bonchev–Trinajstić information content (AvgIpc) is 3.31. The molecule has 1 amide bonds. The molecule has 0 aromatic heterocycles. The van der Waals surface area contributed by atoms with Crippen molar-refractivity contribution in [2.45, 2.75) is 366 Å². The van der Waals surface area contributed by atoms with Crippen LogP contribution < -0.4 is 5.32 Å². The number of rotatable bonds is 57. The van der Waals surface area contributed by atoms with E-state index in [1.54, 1.807) is 0 Å². The molecule has 0 saturated carbocycles. The van der Waals surface area contributed by atoms with Gasteiger partial charge in [-0.2, -0.15) is 0 Å². The molecule has 0 heterocycles. The van der Waals surface area contributed by atoms with Crippen LogP contribution in [0.2, 0.25) is 0 Å². The lowest BCUT2D eigenvalue weighted by Crippen LogP contribution is -2.46. The summed E-state index contributed by atoms with van der Waals surface area (Å²) in [4.78, 5) is 12.6. The van der Waals surface area contributed by atoms with Gasteiger partial charge in [0.25, 0.3) is 0 Å². The Balaban J connectivity index is 3.46. The Morgan fingerprint density at radius 2 is 0.606 bits per heavy atom. The number of carbonyl (C=O) groups excluding carboxylic acids is 1. The SMILES string of the molecule is CCCCCCCCCCCCCCCC/C=C\CCCCCCCCCCCCCCCCCC(O)CC(=O)NC(CO)C(O)CCCCCCCCCCCCCCCCCCCC. The van der Waals surface area contributed by atoms with Crippen molar-refractivity contribution in [3.8, 4) is 0 Å². The van der Waals surface area contributed by atoms with E-state index in [1.165, 1.54) is 289 Å². The summed E-state index contributed by atoms with van der Waals surface area (Å²) >= 11 is 0. The van der Waals surface area contributed by atoms with E-state index in [-0.39, 0.29) is 18.9 Å². The third-order valence-electron chi connectivity index (χ3n) is 14.6. The van der Waals surface area contributed by atoms with Crippen LogP contribution in [0.25, 0.3) is 0 Å². The molecule has 0 aliphatic rings. The second kappa shape index (κ2) is 56.7. The van der Waals surface area contributed by atoms with Gasteiger partial charge in [0, 0.05) is 0 Å². The van der Waals surface area contributed by atoms with Crippen LogP contribution in [0.3, 0.4) is 0 Å². The Bertz CT molecular complexity index is 940. The van der Waals surface area contributed by atoms with E-state index >= 15 is 0 Å². The molecule has 0 aliphatic carbocycles. The van der Waals surface area contributed by atoms with Crippen molar-refractivity contribution in [2.75, 3.05) is 6.61 Å². The van der Waals surface area contributed by atoms with Crippen molar-refractivity contribution >= 4 is 5.91 Å². The predicted molar refractivity (Wildman–Crippen MR) is 292 cm³/mol. The van der Waals surface area contributed by atoms with Crippen LogP contribution in [0, 0.1) is 0 Å². The van der Waals surface area contributed by atoms with Gasteiger partial charge < -0.3 is 20.6 Å². The van der Waals surface area contributed by atoms with Gasteiger partial charge in [0.05, 0.1) is 31.3 Å². The fourth-order valence-corrected chi connectivity index (χ4v) is 9.93. The van der Waals surface area contributed by atoms with Gasteiger partial charge >= 0.3 is 0 Å². The molecule has 0 spiro atoms. The highest BCUT2D eigenvalue weighted by Gasteiger charge is 2.21. The van der Waals surface area contributed by atoms with Gasteiger partial charge in [-0.1, -0.05) is 315 Å². The van der Waals surface area contributed by atoms with Crippen LogP contribution in [0.15, 0.2) is 12.2 Å². The lowest BCUT2D eigenvalue weighted by Gasteiger charge is -2.23. The first-order valence-electron chi connectivity index (χ1n) is 30.5. The standard InChI is InChI=1S/C61H121NO4/c1-3-5-7-9-11-13-15-17-19-21-23-24-25-26-27-28-29-30-31-32-33-34-35-36-37-38-40-42-44-46-48-50-52-54-58(64)56-61(66)62-59(57-63)60(65)55-53-51-49-47-45-43-41-39-22-20-18-16-14-12-10-8-6-4-2/h28-29,58-60,63-65H,3-27,30-57H2,1-2H3,(H,62,66)/b29-28-. The van der Waals surface area contributed by atoms with E-state index in [1.807, 2.05) is 0 Å². The molecule has 0 rings (SSSR count). The van der Waals surface area contributed by atoms with Crippen LogP contribution in [0.4, 0.5) is 0 Å². The Morgan fingerprint density at radius 1 is 0.364 bits per heavy atom. The molecule has 0 aliphatic heterocycles. The molecule has 5 nitrogen and oxygen atoms in total. The number of hydrogen-bond acceptors (Lipinski definition) is 4. The summed E-state index contributed by atoms with van der Waals surface area (Å²) in [7, 11) is 0. The summed E-state index contributed by atoms with van der Waals surface area (Å²) in [6.45, 7) is 4.31. The zero-order valence-electron chi connectivity index (χ0n) is 45.1. The highest BCUT2D eigenvalue weighted by Crippen LogP contribution is 2.19. The van der Waals surface area contributed by atoms with Crippen molar-refractivity contribution in [1.82, 2.24) is 5.32 Å². The molecule has 0 radical (unpaired) electrons. The topological polar surface area (TPSA) is 89.8 Å². The molecule has 0 aromatic rings. The molecule has 0 bridgehead atoms. The number of allylic oxidation sites excluding steroid dienone is 2. The van der Waals surface area contributed by atoms with E-state index in [0.29, 0.717) is 12.8 Å². The Labute approximate surface area is 414 Å². The molecule has 3 atom stereocenters. The van der Waals surface area contributed by atoms with Gasteiger partial charge in [0.15, 0.2) is 0 Å². The average molecular weight is 933 g/mol.